The molecule has 0 spiro atoms. The molecule has 0 aliphatic heterocycles. The van der Waals surface area contributed by atoms with Crippen molar-refractivity contribution in [3.05, 3.63) is 76.2 Å². The average Bonchev–Trinajstić information content (AvgIpc) is 2.67. The Morgan fingerprint density at radius 2 is 1.89 bits per heavy atom. The number of hydrogen-bond acceptors (Lipinski definition) is 5. The summed E-state index contributed by atoms with van der Waals surface area (Å²) in [6.07, 6.45) is 1.75. The lowest BCUT2D eigenvalue weighted by Crippen LogP contribution is -2.19. The van der Waals surface area contributed by atoms with Crippen LogP contribution in [0.25, 0.3) is 0 Å². The molecular formula is C22H25N3O3. The first kappa shape index (κ1) is 19.5. The van der Waals surface area contributed by atoms with Crippen molar-refractivity contribution in [1.82, 2.24) is 9.55 Å². The lowest BCUT2D eigenvalue weighted by Gasteiger charge is -2.17. The molecule has 146 valence electrons. The number of benzene rings is 2. The first-order chi connectivity index (χ1) is 13.5. The van der Waals surface area contributed by atoms with E-state index in [1.165, 1.54) is 7.11 Å². The van der Waals surface area contributed by atoms with E-state index in [2.05, 4.69) is 10.3 Å². The minimum Gasteiger partial charge on any atom is -0.491 e. The van der Waals surface area contributed by atoms with Gasteiger partial charge in [0.2, 0.25) is 11.7 Å². The number of nitrogens with one attached hydrogen (secondary N) is 1. The lowest BCUT2D eigenvalue weighted by molar-refractivity contribution is 0.242. The highest BCUT2D eigenvalue weighted by molar-refractivity contribution is 5.61. The zero-order valence-electron chi connectivity index (χ0n) is 16.6. The number of nitrogens with zero attached hydrogens (tertiary/aromatic N) is 2. The maximum absolute atomic E-state index is 12.2. The van der Waals surface area contributed by atoms with Crippen LogP contribution in [-0.2, 0) is 6.54 Å². The highest BCUT2D eigenvalue weighted by Crippen LogP contribution is 2.26. The molecule has 28 heavy (non-hydrogen) atoms. The van der Waals surface area contributed by atoms with Crippen molar-refractivity contribution in [2.45, 2.75) is 33.4 Å². The summed E-state index contributed by atoms with van der Waals surface area (Å²) < 4.78 is 12.8. The zero-order valence-corrected chi connectivity index (χ0v) is 16.6. The van der Waals surface area contributed by atoms with E-state index in [0.717, 1.165) is 22.6 Å². The fourth-order valence-corrected chi connectivity index (χ4v) is 2.82. The molecular weight excluding hydrogens is 354 g/mol. The first-order valence-corrected chi connectivity index (χ1v) is 9.20. The van der Waals surface area contributed by atoms with E-state index in [-0.39, 0.29) is 11.9 Å². The van der Waals surface area contributed by atoms with Crippen LogP contribution in [0.2, 0.25) is 0 Å². The normalized spacial score (nSPS) is 10.8. The zero-order chi connectivity index (χ0) is 20.1. The molecule has 0 bridgehead atoms. The van der Waals surface area contributed by atoms with E-state index >= 15 is 0 Å². The molecule has 0 fully saturated rings. The minimum atomic E-state index is -0.415. The van der Waals surface area contributed by atoms with Crippen molar-refractivity contribution in [3.63, 3.8) is 0 Å². The van der Waals surface area contributed by atoms with Gasteiger partial charge in [-0.3, -0.25) is 4.79 Å². The third-order valence-corrected chi connectivity index (χ3v) is 4.21. The highest BCUT2D eigenvalue weighted by atomic mass is 16.5. The number of aromatic nitrogens is 2. The van der Waals surface area contributed by atoms with Crippen LogP contribution in [-0.4, -0.2) is 22.8 Å². The Morgan fingerprint density at radius 1 is 1.14 bits per heavy atom. The Bertz CT molecular complexity index is 998. The van der Waals surface area contributed by atoms with Crippen LogP contribution >= 0.6 is 0 Å². The summed E-state index contributed by atoms with van der Waals surface area (Å²) in [4.78, 5) is 16.4. The molecule has 6 nitrogen and oxygen atoms in total. The summed E-state index contributed by atoms with van der Waals surface area (Å²) in [5, 5.41) is 3.28. The summed E-state index contributed by atoms with van der Waals surface area (Å²) in [6, 6.07) is 15.8. The highest BCUT2D eigenvalue weighted by Gasteiger charge is 2.12. The van der Waals surface area contributed by atoms with Crippen LogP contribution in [0.15, 0.2) is 59.5 Å². The van der Waals surface area contributed by atoms with E-state index in [1.54, 1.807) is 6.20 Å². The summed E-state index contributed by atoms with van der Waals surface area (Å²) in [7, 11) is 1.47. The monoisotopic (exact) mass is 379 g/mol. The van der Waals surface area contributed by atoms with Gasteiger partial charge in [-0.2, -0.15) is 4.98 Å². The van der Waals surface area contributed by atoms with Crippen molar-refractivity contribution in [3.8, 4) is 11.5 Å². The fraction of sp³-hybridized carbons (Fsp3) is 0.273. The Hall–Kier alpha value is -3.28. The van der Waals surface area contributed by atoms with Gasteiger partial charge in [-0.15, -0.1) is 0 Å². The molecule has 0 radical (unpaired) electrons. The van der Waals surface area contributed by atoms with Gasteiger partial charge in [-0.25, -0.2) is 0 Å². The summed E-state index contributed by atoms with van der Waals surface area (Å²) >= 11 is 0. The molecule has 6 heteroatoms. The van der Waals surface area contributed by atoms with Gasteiger partial charge in [0.1, 0.15) is 5.75 Å². The lowest BCUT2D eigenvalue weighted by atomic mass is 10.2. The number of ether oxygens (including phenoxy) is 2. The number of methoxy groups -OCH3 is 1. The quantitative estimate of drug-likeness (QED) is 0.668. The molecule has 2 aromatic carbocycles. The summed E-state index contributed by atoms with van der Waals surface area (Å²) in [5.41, 5.74) is 2.53. The Labute approximate surface area is 164 Å². The van der Waals surface area contributed by atoms with Gasteiger partial charge in [0.15, 0.2) is 0 Å². The van der Waals surface area contributed by atoms with E-state index in [9.17, 15) is 4.79 Å². The topological polar surface area (TPSA) is 65.4 Å². The van der Waals surface area contributed by atoms with Crippen LogP contribution in [0, 0.1) is 6.92 Å². The van der Waals surface area contributed by atoms with Gasteiger partial charge >= 0.3 is 5.56 Å². The smallest absolute Gasteiger partial charge is 0.316 e. The average molecular weight is 379 g/mol. The van der Waals surface area contributed by atoms with Crippen LogP contribution in [0.3, 0.4) is 0 Å². The number of rotatable bonds is 7. The minimum absolute atomic E-state index is 0.0749. The Morgan fingerprint density at radius 3 is 2.57 bits per heavy atom. The van der Waals surface area contributed by atoms with Gasteiger partial charge in [0.25, 0.3) is 0 Å². The molecule has 0 amide bonds. The predicted octanol–water partition coefficient (Wildman–Crippen LogP) is 4.14. The van der Waals surface area contributed by atoms with E-state index in [0.29, 0.717) is 12.5 Å². The molecule has 0 aliphatic rings. The maximum atomic E-state index is 12.2. The summed E-state index contributed by atoms with van der Waals surface area (Å²) in [5.74, 6) is 1.41. The van der Waals surface area contributed by atoms with Crippen LogP contribution < -0.4 is 20.3 Å². The molecule has 0 atom stereocenters. The molecule has 0 unspecified atom stereocenters. The Balaban J connectivity index is 1.99. The van der Waals surface area contributed by atoms with Gasteiger partial charge in [0, 0.05) is 11.8 Å². The summed E-state index contributed by atoms with van der Waals surface area (Å²) in [6.45, 7) is 6.50. The van der Waals surface area contributed by atoms with Crippen LogP contribution in [0.4, 0.5) is 11.6 Å². The molecule has 3 aromatic rings. The van der Waals surface area contributed by atoms with Crippen molar-refractivity contribution in [2.75, 3.05) is 12.4 Å². The van der Waals surface area contributed by atoms with Crippen molar-refractivity contribution >= 4 is 11.6 Å². The molecule has 0 saturated heterocycles. The maximum Gasteiger partial charge on any atom is 0.316 e. The molecule has 0 saturated carbocycles. The third kappa shape index (κ3) is 4.71. The van der Waals surface area contributed by atoms with Crippen LogP contribution in [0.5, 0.6) is 11.5 Å². The fourth-order valence-electron chi connectivity index (χ4n) is 2.82. The van der Waals surface area contributed by atoms with E-state index in [4.69, 9.17) is 9.47 Å². The Kier molecular flexibility index (Phi) is 5.99. The van der Waals surface area contributed by atoms with Crippen molar-refractivity contribution < 1.29 is 9.47 Å². The largest absolute Gasteiger partial charge is 0.491 e. The second-order valence-electron chi connectivity index (χ2n) is 6.82. The second-order valence-corrected chi connectivity index (χ2v) is 6.82. The SMILES string of the molecule is COc1cn(Cc2ccccc2)c(Nc2cc(OC(C)C)ccc2C)nc1=O. The number of hydrogen-bond donors (Lipinski definition) is 1. The van der Waals surface area contributed by atoms with Gasteiger partial charge < -0.3 is 19.4 Å². The molecule has 1 aromatic heterocycles. The number of aryl methyl sites for hydroxylation is 1. The second kappa shape index (κ2) is 8.61. The predicted molar refractivity (Wildman–Crippen MR) is 111 cm³/mol. The van der Waals surface area contributed by atoms with E-state index in [1.807, 2.05) is 73.9 Å². The van der Waals surface area contributed by atoms with Crippen molar-refractivity contribution in [2.24, 2.45) is 0 Å². The van der Waals surface area contributed by atoms with Crippen molar-refractivity contribution in [1.29, 1.82) is 0 Å². The molecule has 1 heterocycles. The van der Waals surface area contributed by atoms with Gasteiger partial charge in [-0.05, 0) is 38.0 Å². The number of anilines is 2. The molecule has 3 rings (SSSR count). The van der Waals surface area contributed by atoms with Crippen LogP contribution in [0.1, 0.15) is 25.0 Å². The van der Waals surface area contributed by atoms with E-state index < -0.39 is 5.56 Å². The van der Waals surface area contributed by atoms with Gasteiger partial charge in [0.05, 0.1) is 26.0 Å². The molecule has 0 aliphatic carbocycles. The molecule has 1 N–H and O–H groups in total. The third-order valence-electron chi connectivity index (χ3n) is 4.21. The van der Waals surface area contributed by atoms with Gasteiger partial charge in [-0.1, -0.05) is 36.4 Å². The first-order valence-electron chi connectivity index (χ1n) is 9.20. The standard InChI is InChI=1S/C22H25N3O3/c1-15(2)28-18-11-10-16(3)19(12-18)23-22-24-21(26)20(27-4)14-25(22)13-17-8-6-5-7-9-17/h5-12,14-15H,13H2,1-4H3,(H,23,24,26).